The van der Waals surface area contributed by atoms with Gasteiger partial charge in [0, 0.05) is 44.7 Å². The number of aliphatic hydroxyl groups excluding tert-OH is 1. The van der Waals surface area contributed by atoms with Crippen LogP contribution in [-0.2, 0) is 4.79 Å². The van der Waals surface area contributed by atoms with Gasteiger partial charge in [0.1, 0.15) is 0 Å². The van der Waals surface area contributed by atoms with Gasteiger partial charge in [-0.3, -0.25) is 4.79 Å². The molecule has 24 heavy (non-hydrogen) atoms. The maximum absolute atomic E-state index is 12.0. The van der Waals surface area contributed by atoms with E-state index in [9.17, 15) is 9.90 Å². The van der Waals surface area contributed by atoms with E-state index in [1.165, 1.54) is 25.9 Å². The predicted octanol–water partition coefficient (Wildman–Crippen LogP) is 1.55. The van der Waals surface area contributed by atoms with Gasteiger partial charge in [-0.05, 0) is 65.0 Å². The molecular weight excluding hydrogens is 302 g/mol. The standard InChI is InChI=1S/C19H35N3O2/c1-15(2)22-14-16(3-4-19(22)24)13-20-9-5-17(6-10-20)21-11-7-18(23)8-12-21/h15-18,23H,3-14H2,1-2H3/t16-/m1/s1. The fourth-order valence-corrected chi connectivity index (χ4v) is 4.67. The molecule has 0 aromatic rings. The molecule has 0 spiro atoms. The first-order valence-corrected chi connectivity index (χ1v) is 9.97. The molecule has 3 aliphatic rings. The van der Waals surface area contributed by atoms with Gasteiger partial charge in [-0.15, -0.1) is 0 Å². The molecule has 1 N–H and O–H groups in total. The summed E-state index contributed by atoms with van der Waals surface area (Å²) in [6, 6.07) is 1.05. The van der Waals surface area contributed by atoms with E-state index >= 15 is 0 Å². The van der Waals surface area contributed by atoms with Gasteiger partial charge >= 0.3 is 0 Å². The number of carbonyl (C=O) groups is 1. The van der Waals surface area contributed by atoms with Crippen LogP contribution in [-0.4, -0.2) is 83.2 Å². The average molecular weight is 338 g/mol. The van der Waals surface area contributed by atoms with Crippen LogP contribution in [0.3, 0.4) is 0 Å². The molecule has 3 heterocycles. The Labute approximate surface area is 147 Å². The van der Waals surface area contributed by atoms with E-state index in [0.29, 0.717) is 23.9 Å². The summed E-state index contributed by atoms with van der Waals surface area (Å²) < 4.78 is 0. The quantitative estimate of drug-likeness (QED) is 0.846. The second-order valence-corrected chi connectivity index (χ2v) is 8.34. The number of carbonyl (C=O) groups excluding carboxylic acids is 1. The fourth-order valence-electron chi connectivity index (χ4n) is 4.67. The summed E-state index contributed by atoms with van der Waals surface area (Å²) in [6.45, 7) is 10.9. The van der Waals surface area contributed by atoms with Crippen molar-refractivity contribution in [3.8, 4) is 0 Å². The first kappa shape index (κ1) is 18.2. The lowest BCUT2D eigenvalue weighted by molar-refractivity contribution is -0.137. The van der Waals surface area contributed by atoms with Crippen LogP contribution in [0.4, 0.5) is 0 Å². The van der Waals surface area contributed by atoms with E-state index in [0.717, 1.165) is 51.9 Å². The summed E-state index contributed by atoms with van der Waals surface area (Å²) in [5, 5.41) is 9.67. The zero-order chi connectivity index (χ0) is 17.1. The van der Waals surface area contributed by atoms with Crippen molar-refractivity contribution in [1.29, 1.82) is 0 Å². The third-order valence-corrected chi connectivity index (χ3v) is 6.25. The summed E-state index contributed by atoms with van der Waals surface area (Å²) in [7, 11) is 0. The van der Waals surface area contributed by atoms with Crippen molar-refractivity contribution in [2.75, 3.05) is 39.3 Å². The Bertz CT molecular complexity index is 413. The molecule has 3 fully saturated rings. The van der Waals surface area contributed by atoms with Crippen LogP contribution in [0.25, 0.3) is 0 Å². The number of piperidine rings is 3. The minimum absolute atomic E-state index is 0.0701. The van der Waals surface area contributed by atoms with Crippen molar-refractivity contribution < 1.29 is 9.90 Å². The Balaban J connectivity index is 1.41. The molecule has 0 aromatic carbocycles. The Morgan fingerprint density at radius 2 is 1.71 bits per heavy atom. The number of likely N-dealkylation sites (tertiary alicyclic amines) is 3. The molecule has 3 saturated heterocycles. The highest BCUT2D eigenvalue weighted by Crippen LogP contribution is 2.24. The Morgan fingerprint density at radius 3 is 2.33 bits per heavy atom. The van der Waals surface area contributed by atoms with Crippen LogP contribution in [0.15, 0.2) is 0 Å². The van der Waals surface area contributed by atoms with Crippen molar-refractivity contribution in [2.24, 2.45) is 5.92 Å². The topological polar surface area (TPSA) is 47.0 Å². The van der Waals surface area contributed by atoms with Crippen LogP contribution < -0.4 is 0 Å². The van der Waals surface area contributed by atoms with Crippen molar-refractivity contribution in [3.05, 3.63) is 0 Å². The molecule has 3 aliphatic heterocycles. The first-order chi connectivity index (χ1) is 11.5. The summed E-state index contributed by atoms with van der Waals surface area (Å²) in [4.78, 5) is 19.3. The lowest BCUT2D eigenvalue weighted by Crippen LogP contribution is -2.51. The van der Waals surface area contributed by atoms with Gasteiger partial charge in [-0.25, -0.2) is 0 Å². The molecule has 0 aliphatic carbocycles. The number of hydrogen-bond donors (Lipinski definition) is 1. The van der Waals surface area contributed by atoms with E-state index in [1.54, 1.807) is 0 Å². The molecule has 138 valence electrons. The molecule has 0 bridgehead atoms. The van der Waals surface area contributed by atoms with Crippen LogP contribution in [0, 0.1) is 5.92 Å². The van der Waals surface area contributed by atoms with E-state index in [4.69, 9.17) is 0 Å². The SMILES string of the molecule is CC(C)N1C[C@@H](CN2CCC(N3CCC(O)CC3)CC2)CCC1=O. The van der Waals surface area contributed by atoms with E-state index in [-0.39, 0.29) is 6.10 Å². The van der Waals surface area contributed by atoms with Gasteiger partial charge in [0.15, 0.2) is 0 Å². The smallest absolute Gasteiger partial charge is 0.222 e. The van der Waals surface area contributed by atoms with Gasteiger partial charge < -0.3 is 19.8 Å². The van der Waals surface area contributed by atoms with Crippen molar-refractivity contribution in [1.82, 2.24) is 14.7 Å². The van der Waals surface area contributed by atoms with E-state index in [1.807, 2.05) is 0 Å². The van der Waals surface area contributed by atoms with Crippen LogP contribution >= 0.6 is 0 Å². The van der Waals surface area contributed by atoms with E-state index in [2.05, 4.69) is 28.5 Å². The number of amides is 1. The minimum atomic E-state index is -0.0701. The molecule has 5 nitrogen and oxygen atoms in total. The molecule has 0 aromatic heterocycles. The zero-order valence-electron chi connectivity index (χ0n) is 15.5. The maximum Gasteiger partial charge on any atom is 0.222 e. The maximum atomic E-state index is 12.0. The Hall–Kier alpha value is -0.650. The molecule has 0 radical (unpaired) electrons. The third kappa shape index (κ3) is 4.50. The van der Waals surface area contributed by atoms with Gasteiger partial charge in [0.25, 0.3) is 0 Å². The van der Waals surface area contributed by atoms with Crippen molar-refractivity contribution in [3.63, 3.8) is 0 Å². The predicted molar refractivity (Wildman–Crippen MR) is 95.8 cm³/mol. The molecular formula is C19H35N3O2. The molecule has 0 unspecified atom stereocenters. The van der Waals surface area contributed by atoms with Gasteiger partial charge in [0.2, 0.25) is 5.91 Å². The number of aliphatic hydroxyl groups is 1. The third-order valence-electron chi connectivity index (χ3n) is 6.25. The summed E-state index contributed by atoms with van der Waals surface area (Å²) in [6.07, 6.45) is 6.13. The molecule has 1 atom stereocenters. The van der Waals surface area contributed by atoms with Gasteiger partial charge in [0.05, 0.1) is 6.10 Å². The second kappa shape index (κ2) is 8.15. The van der Waals surface area contributed by atoms with Gasteiger partial charge in [-0.2, -0.15) is 0 Å². The lowest BCUT2D eigenvalue weighted by atomic mass is 9.94. The summed E-state index contributed by atoms with van der Waals surface area (Å²) in [5.74, 6) is 0.985. The van der Waals surface area contributed by atoms with Crippen molar-refractivity contribution in [2.45, 2.75) is 70.6 Å². The van der Waals surface area contributed by atoms with Crippen LogP contribution in [0.5, 0.6) is 0 Å². The molecule has 3 rings (SSSR count). The van der Waals surface area contributed by atoms with Crippen molar-refractivity contribution >= 4 is 5.91 Å². The highest BCUT2D eigenvalue weighted by atomic mass is 16.3. The van der Waals surface area contributed by atoms with Gasteiger partial charge in [-0.1, -0.05) is 0 Å². The molecule has 0 saturated carbocycles. The minimum Gasteiger partial charge on any atom is -0.393 e. The largest absolute Gasteiger partial charge is 0.393 e. The summed E-state index contributed by atoms with van der Waals surface area (Å²) >= 11 is 0. The lowest BCUT2D eigenvalue weighted by Gasteiger charge is -2.43. The fraction of sp³-hybridized carbons (Fsp3) is 0.947. The van der Waals surface area contributed by atoms with Crippen LogP contribution in [0.1, 0.15) is 52.4 Å². The average Bonchev–Trinajstić information content (AvgIpc) is 2.58. The second-order valence-electron chi connectivity index (χ2n) is 8.34. The summed E-state index contributed by atoms with van der Waals surface area (Å²) in [5.41, 5.74) is 0. The first-order valence-electron chi connectivity index (χ1n) is 9.97. The number of nitrogens with zero attached hydrogens (tertiary/aromatic N) is 3. The highest BCUT2D eigenvalue weighted by Gasteiger charge is 2.31. The Kier molecular flexibility index (Phi) is 6.17. The highest BCUT2D eigenvalue weighted by molar-refractivity contribution is 5.77. The number of rotatable bonds is 4. The zero-order valence-corrected chi connectivity index (χ0v) is 15.5. The normalized spacial score (nSPS) is 29.6. The van der Waals surface area contributed by atoms with Crippen LogP contribution in [0.2, 0.25) is 0 Å². The molecule has 1 amide bonds. The van der Waals surface area contributed by atoms with E-state index < -0.39 is 0 Å². The number of hydrogen-bond acceptors (Lipinski definition) is 4. The molecule has 5 heteroatoms. The Morgan fingerprint density at radius 1 is 1.04 bits per heavy atom. The monoisotopic (exact) mass is 337 g/mol.